The Kier molecular flexibility index (Phi) is 7.78. The zero-order valence-electron chi connectivity index (χ0n) is 16.8. The third kappa shape index (κ3) is 6.30. The lowest BCUT2D eigenvalue weighted by molar-refractivity contribution is -0.137. The molecular weight excluding hydrogens is 380 g/mol. The van der Waals surface area contributed by atoms with Gasteiger partial charge in [0, 0.05) is 19.2 Å². The minimum atomic E-state index is -0.927. The molecule has 30 heavy (non-hydrogen) atoms. The zero-order chi connectivity index (χ0) is 21.2. The van der Waals surface area contributed by atoms with Crippen LogP contribution < -0.4 is 5.32 Å². The van der Waals surface area contributed by atoms with E-state index in [1.807, 2.05) is 30.3 Å². The Hall–Kier alpha value is -3.41. The van der Waals surface area contributed by atoms with Crippen molar-refractivity contribution in [2.24, 2.45) is 0 Å². The Bertz CT molecular complexity index is 875. The number of carbonyl (C=O) groups excluding carboxylic acids is 3. The molecule has 0 bridgehead atoms. The third-order valence-corrected chi connectivity index (χ3v) is 4.90. The minimum Gasteiger partial charge on any atom is -0.459 e. The number of carbonyl (C=O) groups is 3. The van der Waals surface area contributed by atoms with Crippen LogP contribution in [0.1, 0.15) is 35.2 Å². The van der Waals surface area contributed by atoms with Crippen LogP contribution >= 0.6 is 0 Å². The second-order valence-corrected chi connectivity index (χ2v) is 7.16. The standard InChI is InChI=1S/C24H26N2O4/c27-22(15-14-19-10-4-1-5-11-19)25-21(23(28)26-16-8-3-9-17-26)18-30-24(29)20-12-6-2-7-13-20/h1-2,4-7,10-15,21H,3,8-9,16-18H2,(H,25,27)/b15-14+/t21-/m1/s1. The lowest BCUT2D eigenvalue weighted by atomic mass is 10.1. The molecule has 2 aromatic carbocycles. The van der Waals surface area contributed by atoms with Gasteiger partial charge in [-0.15, -0.1) is 0 Å². The summed E-state index contributed by atoms with van der Waals surface area (Å²) in [6.07, 6.45) is 6.01. The lowest BCUT2D eigenvalue weighted by Gasteiger charge is -2.30. The molecule has 2 aromatic rings. The van der Waals surface area contributed by atoms with E-state index in [1.165, 1.54) is 6.08 Å². The Morgan fingerprint density at radius 1 is 0.933 bits per heavy atom. The molecular formula is C24H26N2O4. The van der Waals surface area contributed by atoms with E-state index in [2.05, 4.69) is 5.32 Å². The van der Waals surface area contributed by atoms with E-state index in [1.54, 1.807) is 41.3 Å². The topological polar surface area (TPSA) is 75.7 Å². The Morgan fingerprint density at radius 3 is 2.23 bits per heavy atom. The number of hydrogen-bond acceptors (Lipinski definition) is 4. The van der Waals surface area contributed by atoms with Crippen LogP contribution in [-0.4, -0.2) is 48.4 Å². The molecule has 1 atom stereocenters. The van der Waals surface area contributed by atoms with E-state index in [4.69, 9.17) is 4.74 Å². The second kappa shape index (κ2) is 11.0. The van der Waals surface area contributed by atoms with Gasteiger partial charge >= 0.3 is 5.97 Å². The number of benzene rings is 2. The number of rotatable bonds is 7. The largest absolute Gasteiger partial charge is 0.459 e. The van der Waals surface area contributed by atoms with Gasteiger partial charge in [0.05, 0.1) is 5.56 Å². The predicted molar refractivity (Wildman–Crippen MR) is 115 cm³/mol. The summed E-state index contributed by atoms with van der Waals surface area (Å²) in [6.45, 7) is 1.09. The summed E-state index contributed by atoms with van der Waals surface area (Å²) in [7, 11) is 0. The number of esters is 1. The maximum atomic E-state index is 13.0. The quantitative estimate of drug-likeness (QED) is 0.566. The first kappa shape index (κ1) is 21.3. The van der Waals surface area contributed by atoms with Crippen LogP contribution in [0.2, 0.25) is 0 Å². The summed E-state index contributed by atoms with van der Waals surface area (Å²) < 4.78 is 5.34. The highest BCUT2D eigenvalue weighted by molar-refractivity contribution is 5.96. The number of piperidine rings is 1. The van der Waals surface area contributed by atoms with E-state index in [0.29, 0.717) is 18.7 Å². The highest BCUT2D eigenvalue weighted by atomic mass is 16.5. The van der Waals surface area contributed by atoms with Gasteiger partial charge in [0.2, 0.25) is 11.8 Å². The second-order valence-electron chi connectivity index (χ2n) is 7.16. The van der Waals surface area contributed by atoms with Crippen LogP contribution in [0.15, 0.2) is 66.7 Å². The van der Waals surface area contributed by atoms with Crippen molar-refractivity contribution < 1.29 is 19.1 Å². The number of nitrogens with zero attached hydrogens (tertiary/aromatic N) is 1. The SMILES string of the molecule is O=C(/C=C/c1ccccc1)N[C@H](COC(=O)c1ccccc1)C(=O)N1CCCCC1. The summed E-state index contributed by atoms with van der Waals surface area (Å²) in [5.74, 6) is -1.16. The van der Waals surface area contributed by atoms with Crippen molar-refractivity contribution in [1.82, 2.24) is 10.2 Å². The fourth-order valence-corrected chi connectivity index (χ4v) is 3.28. The molecule has 3 rings (SSSR count). The van der Waals surface area contributed by atoms with Crippen molar-refractivity contribution in [3.8, 4) is 0 Å². The van der Waals surface area contributed by atoms with Gasteiger partial charge in [-0.1, -0.05) is 48.5 Å². The molecule has 0 spiro atoms. The number of ether oxygens (including phenoxy) is 1. The zero-order valence-corrected chi connectivity index (χ0v) is 16.8. The molecule has 1 aliphatic heterocycles. The van der Waals surface area contributed by atoms with Gasteiger partial charge in [-0.2, -0.15) is 0 Å². The van der Waals surface area contributed by atoms with E-state index in [0.717, 1.165) is 24.8 Å². The summed E-state index contributed by atoms with van der Waals surface area (Å²) in [6, 6.07) is 17.0. The Balaban J connectivity index is 1.65. The molecule has 1 saturated heterocycles. The monoisotopic (exact) mass is 406 g/mol. The Labute approximate surface area is 176 Å². The minimum absolute atomic E-state index is 0.214. The predicted octanol–water partition coefficient (Wildman–Crippen LogP) is 3.05. The van der Waals surface area contributed by atoms with Crippen LogP contribution in [-0.2, 0) is 14.3 Å². The first-order chi connectivity index (χ1) is 14.6. The molecule has 0 saturated carbocycles. The summed E-state index contributed by atoms with van der Waals surface area (Å²) in [4.78, 5) is 39.4. The molecule has 0 aromatic heterocycles. The molecule has 1 N–H and O–H groups in total. The molecule has 0 radical (unpaired) electrons. The van der Waals surface area contributed by atoms with Crippen molar-refractivity contribution in [2.45, 2.75) is 25.3 Å². The van der Waals surface area contributed by atoms with Gasteiger partial charge in [-0.25, -0.2) is 4.79 Å². The van der Waals surface area contributed by atoms with Crippen LogP contribution in [0.5, 0.6) is 0 Å². The number of nitrogens with one attached hydrogen (secondary N) is 1. The number of hydrogen-bond donors (Lipinski definition) is 1. The normalized spacial score (nSPS) is 14.9. The number of amides is 2. The maximum Gasteiger partial charge on any atom is 0.338 e. The molecule has 1 heterocycles. The van der Waals surface area contributed by atoms with Crippen molar-refractivity contribution in [3.05, 3.63) is 77.9 Å². The summed E-state index contributed by atoms with van der Waals surface area (Å²) in [5, 5.41) is 2.70. The van der Waals surface area contributed by atoms with Gasteiger partial charge in [0.1, 0.15) is 12.6 Å². The molecule has 1 aliphatic rings. The van der Waals surface area contributed by atoms with Crippen molar-refractivity contribution >= 4 is 23.9 Å². The molecule has 156 valence electrons. The smallest absolute Gasteiger partial charge is 0.338 e. The van der Waals surface area contributed by atoms with Crippen molar-refractivity contribution in [3.63, 3.8) is 0 Å². The first-order valence-electron chi connectivity index (χ1n) is 10.2. The van der Waals surface area contributed by atoms with E-state index in [9.17, 15) is 14.4 Å². The third-order valence-electron chi connectivity index (χ3n) is 4.90. The van der Waals surface area contributed by atoms with Crippen LogP contribution in [0, 0.1) is 0 Å². The summed E-state index contributed by atoms with van der Waals surface area (Å²) in [5.41, 5.74) is 1.28. The molecule has 0 aliphatic carbocycles. The van der Waals surface area contributed by atoms with Gasteiger partial charge < -0.3 is 15.0 Å². The summed E-state index contributed by atoms with van der Waals surface area (Å²) >= 11 is 0. The van der Waals surface area contributed by atoms with Crippen LogP contribution in [0.3, 0.4) is 0 Å². The average molecular weight is 406 g/mol. The van der Waals surface area contributed by atoms with E-state index < -0.39 is 17.9 Å². The van der Waals surface area contributed by atoms with Crippen LogP contribution in [0.25, 0.3) is 6.08 Å². The van der Waals surface area contributed by atoms with Crippen molar-refractivity contribution in [2.75, 3.05) is 19.7 Å². The van der Waals surface area contributed by atoms with Crippen LogP contribution in [0.4, 0.5) is 0 Å². The van der Waals surface area contributed by atoms with Gasteiger partial charge in [-0.05, 0) is 43.0 Å². The molecule has 2 amide bonds. The van der Waals surface area contributed by atoms with E-state index in [-0.39, 0.29) is 12.5 Å². The average Bonchev–Trinajstić information content (AvgIpc) is 2.81. The molecule has 6 heteroatoms. The molecule has 1 fully saturated rings. The van der Waals surface area contributed by atoms with Crippen molar-refractivity contribution in [1.29, 1.82) is 0 Å². The molecule has 0 unspecified atom stereocenters. The number of likely N-dealkylation sites (tertiary alicyclic amines) is 1. The van der Waals surface area contributed by atoms with Gasteiger partial charge in [0.25, 0.3) is 0 Å². The van der Waals surface area contributed by atoms with Gasteiger partial charge in [-0.3, -0.25) is 9.59 Å². The Morgan fingerprint density at radius 2 is 1.57 bits per heavy atom. The maximum absolute atomic E-state index is 13.0. The van der Waals surface area contributed by atoms with E-state index >= 15 is 0 Å². The fourth-order valence-electron chi connectivity index (χ4n) is 3.28. The van der Waals surface area contributed by atoms with Gasteiger partial charge in [0.15, 0.2) is 0 Å². The highest BCUT2D eigenvalue weighted by Gasteiger charge is 2.28. The first-order valence-corrected chi connectivity index (χ1v) is 10.2. The lowest BCUT2D eigenvalue weighted by Crippen LogP contribution is -2.52. The highest BCUT2D eigenvalue weighted by Crippen LogP contribution is 2.11. The fraction of sp³-hybridized carbons (Fsp3) is 0.292. The molecule has 6 nitrogen and oxygen atoms in total.